The summed E-state index contributed by atoms with van der Waals surface area (Å²) >= 11 is 0. The van der Waals surface area contributed by atoms with Gasteiger partial charge in [0.1, 0.15) is 11.0 Å². The molecule has 0 unspecified atom stereocenters. The molecular weight excluding hydrogens is 304 g/mol. The zero-order chi connectivity index (χ0) is 16.4. The van der Waals surface area contributed by atoms with Crippen LogP contribution in [0.5, 0.6) is 0 Å². The van der Waals surface area contributed by atoms with Crippen LogP contribution in [-0.4, -0.2) is 31.5 Å². The van der Waals surface area contributed by atoms with Crippen molar-refractivity contribution in [1.82, 2.24) is 25.6 Å². The van der Waals surface area contributed by atoms with E-state index in [2.05, 4.69) is 30.9 Å². The van der Waals surface area contributed by atoms with Gasteiger partial charge in [-0.2, -0.15) is 20.5 Å². The minimum absolute atomic E-state index is 0.238. The van der Waals surface area contributed by atoms with Gasteiger partial charge >= 0.3 is 0 Å². The second-order valence-electron chi connectivity index (χ2n) is 5.42. The van der Waals surface area contributed by atoms with Gasteiger partial charge < -0.3 is 5.32 Å². The molecule has 24 heavy (non-hydrogen) atoms. The number of amides is 1. The van der Waals surface area contributed by atoms with Crippen LogP contribution in [-0.2, 0) is 6.42 Å². The number of rotatable bonds is 4. The molecule has 0 aliphatic rings. The Morgan fingerprint density at radius 1 is 0.958 bits per heavy atom. The fourth-order valence-electron chi connectivity index (χ4n) is 2.50. The van der Waals surface area contributed by atoms with Gasteiger partial charge in [-0.25, -0.2) is 0 Å². The predicted molar refractivity (Wildman–Crippen MR) is 89.7 cm³/mol. The molecular formula is C17H14N6O. The highest BCUT2D eigenvalue weighted by Gasteiger charge is 2.10. The third-order valence-corrected chi connectivity index (χ3v) is 3.69. The molecule has 0 aliphatic heterocycles. The Hall–Kier alpha value is -3.48. The van der Waals surface area contributed by atoms with E-state index in [4.69, 9.17) is 0 Å². The Morgan fingerprint density at radius 3 is 2.67 bits per heavy atom. The molecule has 0 bridgehead atoms. The van der Waals surface area contributed by atoms with E-state index in [0.717, 1.165) is 17.6 Å². The van der Waals surface area contributed by atoms with E-state index < -0.39 is 0 Å². The van der Waals surface area contributed by atoms with E-state index in [0.29, 0.717) is 16.9 Å². The van der Waals surface area contributed by atoms with Gasteiger partial charge in [-0.15, -0.1) is 0 Å². The summed E-state index contributed by atoms with van der Waals surface area (Å²) < 4.78 is 0. The third kappa shape index (κ3) is 2.87. The number of carbonyl (C=O) groups is 1. The van der Waals surface area contributed by atoms with E-state index in [9.17, 15) is 4.79 Å². The first-order valence-electron chi connectivity index (χ1n) is 7.48. The first-order chi connectivity index (χ1) is 11.8. The lowest BCUT2D eigenvalue weighted by Gasteiger charge is -2.01. The molecule has 118 valence electrons. The molecule has 4 rings (SSSR count). The Balaban J connectivity index is 1.47. The number of anilines is 1. The average molecular weight is 318 g/mol. The summed E-state index contributed by atoms with van der Waals surface area (Å²) in [5.74, 6) is 0.254. The summed E-state index contributed by atoms with van der Waals surface area (Å²) in [6, 6.07) is 17.0. The second-order valence-corrected chi connectivity index (χ2v) is 5.42. The molecule has 0 radical (unpaired) electrons. The number of H-pyrrole nitrogens is 2. The van der Waals surface area contributed by atoms with Crippen LogP contribution in [0.1, 0.15) is 21.6 Å². The highest BCUT2D eigenvalue weighted by molar-refractivity contribution is 6.05. The van der Waals surface area contributed by atoms with Crippen LogP contribution in [0.4, 0.5) is 5.82 Å². The van der Waals surface area contributed by atoms with Crippen molar-refractivity contribution in [1.29, 1.82) is 0 Å². The Morgan fingerprint density at radius 2 is 1.79 bits per heavy atom. The smallest absolute Gasteiger partial charge is 0.256 e. The van der Waals surface area contributed by atoms with Crippen LogP contribution in [0.15, 0.2) is 54.6 Å². The molecule has 0 fully saturated rings. The maximum absolute atomic E-state index is 12.3. The van der Waals surface area contributed by atoms with Gasteiger partial charge in [0.25, 0.3) is 5.91 Å². The molecule has 7 nitrogen and oxygen atoms in total. The van der Waals surface area contributed by atoms with Crippen molar-refractivity contribution >= 4 is 22.8 Å². The van der Waals surface area contributed by atoms with Crippen LogP contribution >= 0.6 is 0 Å². The number of aromatic nitrogens is 5. The van der Waals surface area contributed by atoms with Crippen LogP contribution in [0.3, 0.4) is 0 Å². The largest absolute Gasteiger partial charge is 0.305 e. The molecule has 0 saturated heterocycles. The molecule has 1 amide bonds. The number of carbonyl (C=O) groups excluding carboxylic acids is 1. The Labute approximate surface area is 137 Å². The molecule has 2 heterocycles. The van der Waals surface area contributed by atoms with E-state index in [1.807, 2.05) is 36.4 Å². The van der Waals surface area contributed by atoms with Crippen molar-refractivity contribution in [2.75, 3.05) is 5.32 Å². The molecule has 7 heteroatoms. The van der Waals surface area contributed by atoms with Gasteiger partial charge in [0, 0.05) is 23.7 Å². The van der Waals surface area contributed by atoms with Gasteiger partial charge in [0.15, 0.2) is 5.82 Å². The van der Waals surface area contributed by atoms with Crippen LogP contribution in [0, 0.1) is 0 Å². The third-order valence-electron chi connectivity index (χ3n) is 3.69. The number of aromatic amines is 2. The van der Waals surface area contributed by atoms with Gasteiger partial charge in [-0.3, -0.25) is 9.89 Å². The van der Waals surface area contributed by atoms with Crippen LogP contribution in [0.25, 0.3) is 11.0 Å². The van der Waals surface area contributed by atoms with Gasteiger partial charge in [0.2, 0.25) is 0 Å². The molecule has 0 saturated carbocycles. The number of fused-ring (bicyclic) bond motifs is 1. The zero-order valence-corrected chi connectivity index (χ0v) is 12.7. The quantitative estimate of drug-likeness (QED) is 0.538. The Bertz CT molecular complexity index is 988. The van der Waals surface area contributed by atoms with Crippen LogP contribution < -0.4 is 5.32 Å². The lowest BCUT2D eigenvalue weighted by atomic mass is 10.1. The number of hydrogen-bond donors (Lipinski definition) is 3. The number of benzene rings is 2. The van der Waals surface area contributed by atoms with Crippen molar-refractivity contribution in [3.8, 4) is 0 Å². The van der Waals surface area contributed by atoms with Crippen molar-refractivity contribution < 1.29 is 4.79 Å². The summed E-state index contributed by atoms with van der Waals surface area (Å²) in [5.41, 5.74) is 3.98. The maximum atomic E-state index is 12.3. The second kappa shape index (κ2) is 5.96. The normalized spacial score (nSPS) is 10.8. The minimum atomic E-state index is -0.238. The molecule has 2 aromatic heterocycles. The maximum Gasteiger partial charge on any atom is 0.256 e. The van der Waals surface area contributed by atoms with E-state index >= 15 is 0 Å². The highest BCUT2D eigenvalue weighted by Crippen LogP contribution is 2.14. The first kappa shape index (κ1) is 14.1. The van der Waals surface area contributed by atoms with Crippen molar-refractivity contribution in [2.24, 2.45) is 0 Å². The number of hydrogen-bond acceptors (Lipinski definition) is 4. The number of nitrogens with zero attached hydrogens (tertiary/aromatic N) is 3. The molecule has 0 spiro atoms. The van der Waals surface area contributed by atoms with Crippen molar-refractivity contribution in [3.63, 3.8) is 0 Å². The van der Waals surface area contributed by atoms with Crippen molar-refractivity contribution in [3.05, 3.63) is 71.4 Å². The van der Waals surface area contributed by atoms with Gasteiger partial charge in [0.05, 0.1) is 0 Å². The van der Waals surface area contributed by atoms with Crippen LogP contribution in [0.2, 0.25) is 0 Å². The monoisotopic (exact) mass is 318 g/mol. The Kier molecular flexibility index (Phi) is 3.51. The lowest BCUT2D eigenvalue weighted by molar-refractivity contribution is 0.102. The summed E-state index contributed by atoms with van der Waals surface area (Å²) in [6.45, 7) is 0. The summed E-state index contributed by atoms with van der Waals surface area (Å²) in [5, 5.41) is 20.3. The predicted octanol–water partition coefficient (Wildman–Crippen LogP) is 2.52. The highest BCUT2D eigenvalue weighted by atomic mass is 16.1. The average Bonchev–Trinajstić information content (AvgIpc) is 3.24. The first-order valence-corrected chi connectivity index (χ1v) is 7.48. The molecule has 3 N–H and O–H groups in total. The standard InChI is InChI=1S/C17H14N6O/c24-17(12-6-7-14-15(9-12)21-23-20-14)18-16-10-13(19-22-16)8-11-4-2-1-3-5-11/h1-7,9-10H,8H2,(H,20,21,23)(H2,18,19,22,24). The summed E-state index contributed by atoms with van der Waals surface area (Å²) in [6.07, 6.45) is 0.731. The SMILES string of the molecule is O=C(Nc1cc(Cc2ccccc2)[nH]n1)c1ccc2n[nH]nc2c1. The molecule has 0 aliphatic carbocycles. The zero-order valence-electron chi connectivity index (χ0n) is 12.7. The minimum Gasteiger partial charge on any atom is -0.305 e. The fourth-order valence-corrected chi connectivity index (χ4v) is 2.50. The van der Waals surface area contributed by atoms with E-state index in [-0.39, 0.29) is 5.91 Å². The number of nitrogens with one attached hydrogen (secondary N) is 3. The van der Waals surface area contributed by atoms with E-state index in [1.54, 1.807) is 18.2 Å². The summed E-state index contributed by atoms with van der Waals surface area (Å²) in [7, 11) is 0. The van der Waals surface area contributed by atoms with Crippen molar-refractivity contribution in [2.45, 2.75) is 6.42 Å². The lowest BCUT2D eigenvalue weighted by Crippen LogP contribution is -2.12. The molecule has 0 atom stereocenters. The molecule has 2 aromatic carbocycles. The summed E-state index contributed by atoms with van der Waals surface area (Å²) in [4.78, 5) is 12.3. The fraction of sp³-hybridized carbons (Fsp3) is 0.0588. The van der Waals surface area contributed by atoms with Gasteiger partial charge in [-0.05, 0) is 23.8 Å². The topological polar surface area (TPSA) is 99.4 Å². The van der Waals surface area contributed by atoms with Gasteiger partial charge in [-0.1, -0.05) is 30.3 Å². The van der Waals surface area contributed by atoms with E-state index in [1.165, 1.54) is 5.56 Å². The molecule has 4 aromatic rings.